The first-order valence-electron chi connectivity index (χ1n) is 8.18. The summed E-state index contributed by atoms with van der Waals surface area (Å²) in [6, 6.07) is 3.66. The van der Waals surface area contributed by atoms with Gasteiger partial charge in [0.1, 0.15) is 5.76 Å². The molecule has 4 heterocycles. The molecule has 3 atom stereocenters. The molecule has 3 unspecified atom stereocenters. The molecule has 126 valence electrons. The first-order chi connectivity index (χ1) is 11.7. The summed E-state index contributed by atoms with van der Waals surface area (Å²) in [5, 5.41) is 2.94. The monoisotopic (exact) mass is 328 g/mol. The lowest BCUT2D eigenvalue weighted by molar-refractivity contribution is -0.127. The van der Waals surface area contributed by atoms with Gasteiger partial charge in [-0.2, -0.15) is 0 Å². The third kappa shape index (κ3) is 2.99. The lowest BCUT2D eigenvalue weighted by Gasteiger charge is -2.32. The van der Waals surface area contributed by atoms with Gasteiger partial charge in [0.15, 0.2) is 0 Å². The highest BCUT2D eigenvalue weighted by Crippen LogP contribution is 2.33. The maximum Gasteiger partial charge on any atom is 0.226 e. The molecule has 2 aromatic rings. The van der Waals surface area contributed by atoms with Crippen LogP contribution in [0.15, 0.2) is 35.2 Å². The molecule has 0 saturated carbocycles. The fourth-order valence-corrected chi connectivity index (χ4v) is 3.36. The van der Waals surface area contributed by atoms with E-state index in [0.717, 1.165) is 24.3 Å². The van der Waals surface area contributed by atoms with Gasteiger partial charge in [-0.05, 0) is 31.0 Å². The molecule has 2 aliphatic heterocycles. The van der Waals surface area contributed by atoms with E-state index in [1.165, 1.54) is 0 Å². The number of aryl methyl sites for hydroxylation is 1. The van der Waals surface area contributed by atoms with Crippen LogP contribution in [0, 0.1) is 12.8 Å². The quantitative estimate of drug-likeness (QED) is 0.911. The van der Waals surface area contributed by atoms with Gasteiger partial charge in [0.25, 0.3) is 0 Å². The number of ether oxygens (including phenoxy) is 1. The second-order valence-corrected chi connectivity index (χ2v) is 6.40. The highest BCUT2D eigenvalue weighted by molar-refractivity contribution is 5.79. The van der Waals surface area contributed by atoms with Crippen LogP contribution in [0.5, 0.6) is 0 Å². The Morgan fingerprint density at radius 2 is 2.21 bits per heavy atom. The number of fused-ring (bicyclic) bond motifs is 2. The summed E-state index contributed by atoms with van der Waals surface area (Å²) in [6.45, 7) is 3.73. The summed E-state index contributed by atoms with van der Waals surface area (Å²) in [7, 11) is 0. The molecule has 7 nitrogen and oxygen atoms in total. The van der Waals surface area contributed by atoms with E-state index in [2.05, 4.69) is 20.2 Å². The molecule has 2 bridgehead atoms. The van der Waals surface area contributed by atoms with Crippen molar-refractivity contribution >= 4 is 11.9 Å². The van der Waals surface area contributed by atoms with E-state index in [9.17, 15) is 4.79 Å². The largest absolute Gasteiger partial charge is 0.467 e. The average Bonchev–Trinajstić information content (AvgIpc) is 3.21. The Labute approximate surface area is 140 Å². The number of hydrogen-bond donors (Lipinski definition) is 1. The van der Waals surface area contributed by atoms with E-state index < -0.39 is 0 Å². The van der Waals surface area contributed by atoms with E-state index >= 15 is 0 Å². The Morgan fingerprint density at radius 3 is 2.96 bits per heavy atom. The molecule has 2 fully saturated rings. The normalized spacial score (nSPS) is 25.7. The third-order valence-corrected chi connectivity index (χ3v) is 4.56. The van der Waals surface area contributed by atoms with Gasteiger partial charge in [-0.1, -0.05) is 0 Å². The van der Waals surface area contributed by atoms with Gasteiger partial charge in [0.2, 0.25) is 11.9 Å². The SMILES string of the molecule is Cc1cnc(N2CC3CC(C(=O)NCc4ccco4)C(C2)O3)nc1. The van der Waals surface area contributed by atoms with Crippen LogP contribution in [-0.2, 0) is 16.1 Å². The van der Waals surface area contributed by atoms with E-state index in [4.69, 9.17) is 9.15 Å². The van der Waals surface area contributed by atoms with Crippen molar-refractivity contribution in [2.45, 2.75) is 32.1 Å². The van der Waals surface area contributed by atoms with Gasteiger partial charge >= 0.3 is 0 Å². The number of rotatable bonds is 4. The number of furan rings is 1. The van der Waals surface area contributed by atoms with E-state index in [0.29, 0.717) is 19.0 Å². The Bertz CT molecular complexity index is 701. The molecule has 0 spiro atoms. The summed E-state index contributed by atoms with van der Waals surface area (Å²) < 4.78 is 11.2. The lowest BCUT2D eigenvalue weighted by atomic mass is 9.99. The highest BCUT2D eigenvalue weighted by Gasteiger charge is 2.45. The van der Waals surface area contributed by atoms with E-state index in [1.807, 2.05) is 31.5 Å². The second-order valence-electron chi connectivity index (χ2n) is 6.40. The van der Waals surface area contributed by atoms with Crippen LogP contribution in [0.1, 0.15) is 17.7 Å². The first-order valence-corrected chi connectivity index (χ1v) is 8.18. The molecule has 0 radical (unpaired) electrons. The highest BCUT2D eigenvalue weighted by atomic mass is 16.5. The number of carbonyl (C=O) groups excluding carboxylic acids is 1. The minimum absolute atomic E-state index is 0.0191. The van der Waals surface area contributed by atoms with Crippen molar-refractivity contribution < 1.29 is 13.9 Å². The van der Waals surface area contributed by atoms with Crippen LogP contribution in [0.4, 0.5) is 5.95 Å². The number of hydrogen-bond acceptors (Lipinski definition) is 6. The van der Waals surface area contributed by atoms with Crippen molar-refractivity contribution in [3.05, 3.63) is 42.1 Å². The number of aromatic nitrogens is 2. The van der Waals surface area contributed by atoms with Crippen molar-refractivity contribution in [2.75, 3.05) is 18.0 Å². The van der Waals surface area contributed by atoms with Crippen LogP contribution >= 0.6 is 0 Å². The van der Waals surface area contributed by atoms with Gasteiger partial charge in [-0.25, -0.2) is 9.97 Å². The number of morpholine rings is 1. The molecule has 2 aromatic heterocycles. The Hall–Kier alpha value is -2.41. The van der Waals surface area contributed by atoms with Gasteiger partial charge in [-0.15, -0.1) is 0 Å². The second kappa shape index (κ2) is 6.24. The smallest absolute Gasteiger partial charge is 0.226 e. The van der Waals surface area contributed by atoms with Crippen LogP contribution < -0.4 is 10.2 Å². The van der Waals surface area contributed by atoms with Crippen LogP contribution in [0.25, 0.3) is 0 Å². The zero-order chi connectivity index (χ0) is 16.5. The molecular formula is C17H20N4O3. The Morgan fingerprint density at radius 1 is 1.38 bits per heavy atom. The van der Waals surface area contributed by atoms with Crippen molar-refractivity contribution in [1.82, 2.24) is 15.3 Å². The minimum atomic E-state index is -0.139. The molecular weight excluding hydrogens is 308 g/mol. The molecule has 24 heavy (non-hydrogen) atoms. The molecule has 4 rings (SSSR count). The Balaban J connectivity index is 1.39. The van der Waals surface area contributed by atoms with Crippen LogP contribution in [0.2, 0.25) is 0 Å². The average molecular weight is 328 g/mol. The zero-order valence-electron chi connectivity index (χ0n) is 13.5. The molecule has 0 aliphatic carbocycles. The van der Waals surface area contributed by atoms with Crippen LogP contribution in [-0.4, -0.2) is 41.2 Å². The number of nitrogens with one attached hydrogen (secondary N) is 1. The molecule has 0 aromatic carbocycles. The molecule has 2 aliphatic rings. The predicted octanol–water partition coefficient (Wildman–Crippen LogP) is 1.29. The lowest BCUT2D eigenvalue weighted by Crippen LogP contribution is -2.46. The summed E-state index contributed by atoms with van der Waals surface area (Å²) in [6.07, 6.45) is 5.89. The summed E-state index contributed by atoms with van der Waals surface area (Å²) >= 11 is 0. The van der Waals surface area contributed by atoms with Crippen molar-refractivity contribution in [3.63, 3.8) is 0 Å². The Kier molecular flexibility index (Phi) is 3.93. The number of anilines is 1. The van der Waals surface area contributed by atoms with Crippen molar-refractivity contribution in [2.24, 2.45) is 5.92 Å². The van der Waals surface area contributed by atoms with Gasteiger partial charge < -0.3 is 19.4 Å². The fourth-order valence-electron chi connectivity index (χ4n) is 3.36. The van der Waals surface area contributed by atoms with Crippen LogP contribution in [0.3, 0.4) is 0 Å². The van der Waals surface area contributed by atoms with Crippen molar-refractivity contribution in [3.8, 4) is 0 Å². The predicted molar refractivity (Wildman–Crippen MR) is 86.3 cm³/mol. The third-order valence-electron chi connectivity index (χ3n) is 4.56. The first kappa shape index (κ1) is 15.1. The molecule has 2 saturated heterocycles. The molecule has 1 amide bonds. The summed E-state index contributed by atoms with van der Waals surface area (Å²) in [5.41, 5.74) is 1.03. The van der Waals surface area contributed by atoms with Gasteiger partial charge in [-0.3, -0.25) is 4.79 Å². The summed E-state index contributed by atoms with van der Waals surface area (Å²) in [4.78, 5) is 23.4. The summed E-state index contributed by atoms with van der Waals surface area (Å²) in [5.74, 6) is 1.33. The maximum atomic E-state index is 12.5. The number of carbonyl (C=O) groups is 1. The topological polar surface area (TPSA) is 80.5 Å². The standard InChI is InChI=1S/C17H20N4O3/c1-11-6-19-17(20-7-11)21-9-13-5-14(15(10-21)24-13)16(22)18-8-12-3-2-4-23-12/h2-4,6-7,13-15H,5,8-10H2,1H3,(H,18,22). The zero-order valence-corrected chi connectivity index (χ0v) is 13.5. The van der Waals surface area contributed by atoms with E-state index in [-0.39, 0.29) is 24.0 Å². The van der Waals surface area contributed by atoms with E-state index in [1.54, 1.807) is 6.26 Å². The number of nitrogens with zero attached hydrogens (tertiary/aromatic N) is 3. The van der Waals surface area contributed by atoms with Gasteiger partial charge in [0.05, 0.1) is 30.9 Å². The molecule has 1 N–H and O–H groups in total. The van der Waals surface area contributed by atoms with Gasteiger partial charge in [0, 0.05) is 25.5 Å². The number of amides is 1. The minimum Gasteiger partial charge on any atom is -0.467 e. The molecule has 7 heteroatoms. The fraction of sp³-hybridized carbons (Fsp3) is 0.471. The maximum absolute atomic E-state index is 12.5. The van der Waals surface area contributed by atoms with Crippen molar-refractivity contribution in [1.29, 1.82) is 0 Å².